The Balaban J connectivity index is 0.000000956. The first-order valence-electron chi connectivity index (χ1n) is 7.57. The maximum atomic E-state index is 3.89. The van der Waals surface area contributed by atoms with Crippen LogP contribution in [0.3, 0.4) is 0 Å². The SMILES string of the molecule is C=Cc1ccc(-c2ccc(C)cc2)cc1CCC.CC. The molecule has 0 fully saturated rings. The normalized spacial score (nSPS) is 9.60. The van der Waals surface area contributed by atoms with Crippen molar-refractivity contribution >= 4 is 6.08 Å². The maximum Gasteiger partial charge on any atom is -0.0181 e. The average molecular weight is 266 g/mol. The smallest absolute Gasteiger partial charge is 0.0181 e. The summed E-state index contributed by atoms with van der Waals surface area (Å²) >= 11 is 0. The van der Waals surface area contributed by atoms with Gasteiger partial charge in [0.05, 0.1) is 0 Å². The number of aryl methyl sites for hydroxylation is 2. The molecule has 2 aromatic carbocycles. The van der Waals surface area contributed by atoms with Crippen molar-refractivity contribution in [2.24, 2.45) is 0 Å². The Morgan fingerprint density at radius 3 is 2.10 bits per heavy atom. The lowest BCUT2D eigenvalue weighted by Gasteiger charge is -2.09. The fourth-order valence-corrected chi connectivity index (χ4v) is 2.22. The van der Waals surface area contributed by atoms with Gasteiger partial charge in [-0.1, -0.05) is 87.9 Å². The second-order valence-electron chi connectivity index (χ2n) is 4.73. The Bertz CT molecular complexity index is 532. The van der Waals surface area contributed by atoms with Crippen molar-refractivity contribution in [1.82, 2.24) is 0 Å². The molecular weight excluding hydrogens is 240 g/mol. The number of hydrogen-bond acceptors (Lipinski definition) is 0. The molecule has 0 radical (unpaired) electrons. The molecule has 0 aliphatic heterocycles. The fourth-order valence-electron chi connectivity index (χ4n) is 2.22. The van der Waals surface area contributed by atoms with Crippen LogP contribution in [0.1, 0.15) is 43.9 Å². The van der Waals surface area contributed by atoms with Crippen LogP contribution in [0.2, 0.25) is 0 Å². The monoisotopic (exact) mass is 266 g/mol. The summed E-state index contributed by atoms with van der Waals surface area (Å²) < 4.78 is 0. The zero-order valence-corrected chi connectivity index (χ0v) is 13.2. The number of rotatable bonds is 4. The molecule has 2 aromatic rings. The first-order valence-corrected chi connectivity index (χ1v) is 7.57. The lowest BCUT2D eigenvalue weighted by Crippen LogP contribution is -1.90. The van der Waals surface area contributed by atoms with Gasteiger partial charge in [-0.15, -0.1) is 0 Å². The zero-order chi connectivity index (χ0) is 15.0. The van der Waals surface area contributed by atoms with E-state index in [1.807, 2.05) is 19.9 Å². The summed E-state index contributed by atoms with van der Waals surface area (Å²) in [5, 5.41) is 0. The summed E-state index contributed by atoms with van der Waals surface area (Å²) in [5.74, 6) is 0. The van der Waals surface area contributed by atoms with E-state index in [-0.39, 0.29) is 0 Å². The number of hydrogen-bond donors (Lipinski definition) is 0. The first kappa shape index (κ1) is 16.2. The van der Waals surface area contributed by atoms with E-state index < -0.39 is 0 Å². The quantitative estimate of drug-likeness (QED) is 0.610. The molecule has 0 bridgehead atoms. The van der Waals surface area contributed by atoms with E-state index in [2.05, 4.69) is 62.9 Å². The Labute approximate surface area is 124 Å². The van der Waals surface area contributed by atoms with Gasteiger partial charge >= 0.3 is 0 Å². The first-order chi connectivity index (χ1) is 9.74. The highest BCUT2D eigenvalue weighted by Gasteiger charge is 2.03. The second-order valence-corrected chi connectivity index (χ2v) is 4.73. The van der Waals surface area contributed by atoms with Gasteiger partial charge in [0, 0.05) is 0 Å². The van der Waals surface area contributed by atoms with Gasteiger partial charge in [0.2, 0.25) is 0 Å². The molecule has 0 heterocycles. The van der Waals surface area contributed by atoms with Crippen molar-refractivity contribution < 1.29 is 0 Å². The second kappa shape index (κ2) is 8.37. The minimum absolute atomic E-state index is 1.11. The molecule has 0 saturated heterocycles. The van der Waals surface area contributed by atoms with Crippen LogP contribution in [0.4, 0.5) is 0 Å². The van der Waals surface area contributed by atoms with Gasteiger partial charge in [-0.25, -0.2) is 0 Å². The van der Waals surface area contributed by atoms with Crippen LogP contribution in [-0.4, -0.2) is 0 Å². The van der Waals surface area contributed by atoms with E-state index in [4.69, 9.17) is 0 Å². The molecular formula is C20H26. The van der Waals surface area contributed by atoms with Gasteiger partial charge in [0.1, 0.15) is 0 Å². The van der Waals surface area contributed by atoms with E-state index in [0.717, 1.165) is 12.8 Å². The highest BCUT2D eigenvalue weighted by molar-refractivity contribution is 5.67. The molecule has 0 spiro atoms. The van der Waals surface area contributed by atoms with Crippen LogP contribution in [0.5, 0.6) is 0 Å². The average Bonchev–Trinajstić information content (AvgIpc) is 2.50. The third kappa shape index (κ3) is 4.09. The predicted molar refractivity (Wildman–Crippen MR) is 92.0 cm³/mol. The number of benzene rings is 2. The topological polar surface area (TPSA) is 0 Å². The molecule has 0 saturated carbocycles. The molecule has 0 unspecified atom stereocenters. The molecule has 0 aliphatic rings. The van der Waals surface area contributed by atoms with Crippen LogP contribution in [0.25, 0.3) is 17.2 Å². The maximum absolute atomic E-state index is 3.89. The van der Waals surface area contributed by atoms with Gasteiger partial charge in [-0.05, 0) is 35.6 Å². The molecule has 0 heteroatoms. The van der Waals surface area contributed by atoms with Crippen molar-refractivity contribution in [1.29, 1.82) is 0 Å². The lowest BCUT2D eigenvalue weighted by atomic mass is 9.96. The van der Waals surface area contributed by atoms with Gasteiger partial charge in [-0.3, -0.25) is 0 Å². The summed E-state index contributed by atoms with van der Waals surface area (Å²) in [6.07, 6.45) is 4.23. The highest BCUT2D eigenvalue weighted by Crippen LogP contribution is 2.24. The van der Waals surface area contributed by atoms with E-state index >= 15 is 0 Å². The van der Waals surface area contributed by atoms with Gasteiger partial charge in [0.25, 0.3) is 0 Å². The Hall–Kier alpha value is -1.82. The standard InChI is InChI=1S/C18H20.C2H6/c1-4-6-17-13-18(12-11-15(17)5-2)16-9-7-14(3)8-10-16;1-2/h5,7-13H,2,4,6H2,1,3H3;1-2H3. The van der Waals surface area contributed by atoms with Crippen molar-refractivity contribution in [2.45, 2.75) is 40.5 Å². The summed E-state index contributed by atoms with van der Waals surface area (Å²) in [5.41, 5.74) is 6.53. The Morgan fingerprint density at radius 1 is 0.950 bits per heavy atom. The van der Waals surface area contributed by atoms with Crippen molar-refractivity contribution in [3.05, 3.63) is 65.7 Å². The zero-order valence-electron chi connectivity index (χ0n) is 13.2. The largest absolute Gasteiger partial charge is 0.0985 e. The molecule has 0 atom stereocenters. The molecule has 0 amide bonds. The third-order valence-electron chi connectivity index (χ3n) is 3.27. The van der Waals surface area contributed by atoms with Crippen LogP contribution >= 0.6 is 0 Å². The Morgan fingerprint density at radius 2 is 1.55 bits per heavy atom. The molecule has 0 aromatic heterocycles. The van der Waals surface area contributed by atoms with E-state index in [1.165, 1.54) is 27.8 Å². The van der Waals surface area contributed by atoms with Crippen molar-refractivity contribution in [2.75, 3.05) is 0 Å². The van der Waals surface area contributed by atoms with Crippen molar-refractivity contribution in [3.63, 3.8) is 0 Å². The highest BCUT2D eigenvalue weighted by atomic mass is 14.1. The van der Waals surface area contributed by atoms with Crippen LogP contribution in [-0.2, 0) is 6.42 Å². The van der Waals surface area contributed by atoms with Crippen LogP contribution < -0.4 is 0 Å². The molecule has 0 N–H and O–H groups in total. The van der Waals surface area contributed by atoms with Gasteiger partial charge in [-0.2, -0.15) is 0 Å². The molecule has 0 nitrogen and oxygen atoms in total. The van der Waals surface area contributed by atoms with Crippen LogP contribution in [0.15, 0.2) is 49.0 Å². The summed E-state index contributed by atoms with van der Waals surface area (Å²) in [6.45, 7) is 12.2. The summed E-state index contributed by atoms with van der Waals surface area (Å²) in [7, 11) is 0. The minimum Gasteiger partial charge on any atom is -0.0985 e. The van der Waals surface area contributed by atoms with Gasteiger partial charge in [0.15, 0.2) is 0 Å². The van der Waals surface area contributed by atoms with Gasteiger partial charge < -0.3 is 0 Å². The summed E-state index contributed by atoms with van der Waals surface area (Å²) in [6, 6.07) is 15.4. The van der Waals surface area contributed by atoms with E-state index in [0.29, 0.717) is 0 Å². The fraction of sp³-hybridized carbons (Fsp3) is 0.300. The van der Waals surface area contributed by atoms with Crippen molar-refractivity contribution in [3.8, 4) is 11.1 Å². The summed E-state index contributed by atoms with van der Waals surface area (Å²) in [4.78, 5) is 0. The third-order valence-corrected chi connectivity index (χ3v) is 3.27. The van der Waals surface area contributed by atoms with Crippen LogP contribution in [0, 0.1) is 6.92 Å². The molecule has 20 heavy (non-hydrogen) atoms. The molecule has 0 aliphatic carbocycles. The molecule has 106 valence electrons. The lowest BCUT2D eigenvalue weighted by molar-refractivity contribution is 0.920. The predicted octanol–water partition coefficient (Wildman–Crippen LogP) is 6.28. The Kier molecular flexibility index (Phi) is 6.79. The van der Waals surface area contributed by atoms with E-state index in [1.54, 1.807) is 0 Å². The minimum atomic E-state index is 1.11. The molecule has 2 rings (SSSR count). The van der Waals surface area contributed by atoms with E-state index in [9.17, 15) is 0 Å².